The average molecular weight is 377 g/mol. The van der Waals surface area contributed by atoms with Gasteiger partial charge >= 0.3 is 6.18 Å². The Morgan fingerprint density at radius 3 is 2.72 bits per heavy atom. The summed E-state index contributed by atoms with van der Waals surface area (Å²) < 4.78 is 57.9. The van der Waals surface area contributed by atoms with Crippen LogP contribution in [-0.2, 0) is 10.9 Å². The lowest BCUT2D eigenvalue weighted by molar-refractivity contribution is -0.140. The smallest absolute Gasteiger partial charge is 0.376 e. The molecular formula is C17H19F4NO2S. The molecule has 0 saturated carbocycles. The maximum absolute atomic E-state index is 13.5. The highest BCUT2D eigenvalue weighted by Gasteiger charge is 2.36. The minimum Gasteiger partial charge on any atom is -0.376 e. The Balaban J connectivity index is 1.86. The van der Waals surface area contributed by atoms with E-state index in [0.717, 1.165) is 36.8 Å². The van der Waals surface area contributed by atoms with Crippen LogP contribution in [-0.4, -0.2) is 47.6 Å². The van der Waals surface area contributed by atoms with Gasteiger partial charge in [-0.3, -0.25) is 4.79 Å². The molecule has 3 nitrogen and oxygen atoms in total. The fourth-order valence-electron chi connectivity index (χ4n) is 3.21. The summed E-state index contributed by atoms with van der Waals surface area (Å²) in [6.45, 7) is 1.00. The van der Waals surface area contributed by atoms with Crippen LogP contribution in [0.15, 0.2) is 18.2 Å². The molecular weight excluding hydrogens is 358 g/mol. The van der Waals surface area contributed by atoms with E-state index in [-0.39, 0.29) is 17.7 Å². The molecule has 2 aliphatic rings. The topological polar surface area (TPSA) is 29.5 Å². The second-order valence-corrected chi connectivity index (χ2v) is 7.45. The molecule has 2 heterocycles. The summed E-state index contributed by atoms with van der Waals surface area (Å²) in [6, 6.07) is 2.42. The highest BCUT2D eigenvalue weighted by Crippen LogP contribution is 2.33. The Hall–Kier alpha value is -1.28. The predicted octanol–water partition coefficient (Wildman–Crippen LogP) is 3.97. The molecule has 2 fully saturated rings. The summed E-state index contributed by atoms with van der Waals surface area (Å²) >= 11 is 1.72. The molecule has 3 rings (SSSR count). The molecule has 2 atom stereocenters. The van der Waals surface area contributed by atoms with Gasteiger partial charge in [0.25, 0.3) is 5.91 Å². The number of carbonyl (C=O) groups is 1. The Morgan fingerprint density at radius 2 is 2.12 bits per heavy atom. The number of halogens is 4. The first-order chi connectivity index (χ1) is 11.9. The van der Waals surface area contributed by atoms with Crippen LogP contribution in [0.1, 0.15) is 35.2 Å². The number of ether oxygens (including phenoxy) is 1. The standard InChI is InChI=1S/C17H19F4NO2S/c18-15-4-3-11(8-14(15)17(19,20)21)16(23)22(12-5-7-25-10-12)9-13-2-1-6-24-13/h3-4,8,12-13H,1-2,5-7,9-10H2/t12-,13-/m0/s1. The second-order valence-electron chi connectivity index (χ2n) is 6.30. The highest BCUT2D eigenvalue weighted by molar-refractivity contribution is 7.99. The number of hydrogen-bond acceptors (Lipinski definition) is 3. The normalized spacial score (nSPS) is 23.8. The number of alkyl halides is 3. The maximum atomic E-state index is 13.5. The van der Waals surface area contributed by atoms with E-state index in [2.05, 4.69) is 0 Å². The van der Waals surface area contributed by atoms with E-state index in [0.29, 0.717) is 25.3 Å². The monoisotopic (exact) mass is 377 g/mol. The minimum atomic E-state index is -4.83. The molecule has 0 unspecified atom stereocenters. The molecule has 2 aliphatic heterocycles. The van der Waals surface area contributed by atoms with Crippen molar-refractivity contribution < 1.29 is 27.1 Å². The molecule has 8 heteroatoms. The number of hydrogen-bond donors (Lipinski definition) is 0. The van der Waals surface area contributed by atoms with Crippen LogP contribution >= 0.6 is 11.8 Å². The van der Waals surface area contributed by atoms with Crippen LogP contribution in [0.3, 0.4) is 0 Å². The van der Waals surface area contributed by atoms with Gasteiger partial charge in [0.15, 0.2) is 0 Å². The number of nitrogens with zero attached hydrogens (tertiary/aromatic N) is 1. The molecule has 138 valence electrons. The quantitative estimate of drug-likeness (QED) is 0.744. The molecule has 25 heavy (non-hydrogen) atoms. The van der Waals surface area contributed by atoms with Gasteiger partial charge in [0.05, 0.1) is 11.7 Å². The summed E-state index contributed by atoms with van der Waals surface area (Å²) in [5.74, 6) is -0.192. The van der Waals surface area contributed by atoms with Crippen molar-refractivity contribution in [2.45, 2.75) is 37.6 Å². The van der Waals surface area contributed by atoms with Gasteiger partial charge in [-0.15, -0.1) is 0 Å². The van der Waals surface area contributed by atoms with E-state index >= 15 is 0 Å². The fourth-order valence-corrected chi connectivity index (χ4v) is 4.44. The van der Waals surface area contributed by atoms with Crippen molar-refractivity contribution in [3.63, 3.8) is 0 Å². The van der Waals surface area contributed by atoms with Gasteiger partial charge in [0, 0.05) is 30.5 Å². The van der Waals surface area contributed by atoms with Crippen LogP contribution in [0.4, 0.5) is 17.6 Å². The summed E-state index contributed by atoms with van der Waals surface area (Å²) in [4.78, 5) is 14.5. The first-order valence-corrected chi connectivity index (χ1v) is 9.39. The molecule has 0 aromatic heterocycles. The number of carbonyl (C=O) groups excluding carboxylic acids is 1. The molecule has 0 bridgehead atoms. The molecule has 2 saturated heterocycles. The van der Waals surface area contributed by atoms with Gasteiger partial charge in [-0.2, -0.15) is 24.9 Å². The van der Waals surface area contributed by atoms with Gasteiger partial charge < -0.3 is 9.64 Å². The second kappa shape index (κ2) is 7.53. The van der Waals surface area contributed by atoms with E-state index in [4.69, 9.17) is 4.74 Å². The minimum absolute atomic E-state index is 0.0268. The summed E-state index contributed by atoms with van der Waals surface area (Å²) in [6.07, 6.45) is -2.36. The Morgan fingerprint density at radius 1 is 1.32 bits per heavy atom. The Kier molecular flexibility index (Phi) is 5.58. The van der Waals surface area contributed by atoms with Crippen LogP contribution in [0.2, 0.25) is 0 Å². The first-order valence-electron chi connectivity index (χ1n) is 8.23. The summed E-state index contributed by atoms with van der Waals surface area (Å²) in [7, 11) is 0. The van der Waals surface area contributed by atoms with Gasteiger partial charge in [-0.25, -0.2) is 4.39 Å². The number of amides is 1. The van der Waals surface area contributed by atoms with E-state index in [1.54, 1.807) is 16.7 Å². The van der Waals surface area contributed by atoms with E-state index in [9.17, 15) is 22.4 Å². The lowest BCUT2D eigenvalue weighted by atomic mass is 10.1. The number of thioether (sulfide) groups is 1. The van der Waals surface area contributed by atoms with Gasteiger partial charge in [0.1, 0.15) is 5.82 Å². The van der Waals surface area contributed by atoms with E-state index in [1.165, 1.54) is 0 Å². The van der Waals surface area contributed by atoms with Gasteiger partial charge in [0.2, 0.25) is 0 Å². The summed E-state index contributed by atoms with van der Waals surface area (Å²) in [5, 5.41) is 0. The molecule has 1 amide bonds. The average Bonchev–Trinajstić information content (AvgIpc) is 3.25. The van der Waals surface area contributed by atoms with Crippen molar-refractivity contribution in [1.29, 1.82) is 0 Å². The van der Waals surface area contributed by atoms with Gasteiger partial charge in [-0.05, 0) is 43.2 Å². The molecule has 0 N–H and O–H groups in total. The third-order valence-corrected chi connectivity index (χ3v) is 5.70. The van der Waals surface area contributed by atoms with Crippen molar-refractivity contribution in [1.82, 2.24) is 4.90 Å². The van der Waals surface area contributed by atoms with Crippen molar-refractivity contribution in [2.75, 3.05) is 24.7 Å². The van der Waals surface area contributed by atoms with Crippen LogP contribution < -0.4 is 0 Å². The van der Waals surface area contributed by atoms with Crippen molar-refractivity contribution in [2.24, 2.45) is 0 Å². The third-order valence-electron chi connectivity index (χ3n) is 4.55. The number of rotatable bonds is 4. The first kappa shape index (κ1) is 18.5. The Labute approximate surface area is 147 Å². The Bertz CT molecular complexity index is 626. The zero-order chi connectivity index (χ0) is 18.0. The van der Waals surface area contributed by atoms with Crippen LogP contribution in [0.5, 0.6) is 0 Å². The molecule has 1 aromatic rings. The lowest BCUT2D eigenvalue weighted by Gasteiger charge is -2.31. The van der Waals surface area contributed by atoms with Crippen molar-refractivity contribution in [3.05, 3.63) is 35.1 Å². The molecule has 1 aromatic carbocycles. The third kappa shape index (κ3) is 4.28. The predicted molar refractivity (Wildman–Crippen MR) is 87.1 cm³/mol. The van der Waals surface area contributed by atoms with Crippen LogP contribution in [0.25, 0.3) is 0 Å². The van der Waals surface area contributed by atoms with Gasteiger partial charge in [-0.1, -0.05) is 0 Å². The molecule has 0 aliphatic carbocycles. The molecule has 0 radical (unpaired) electrons. The SMILES string of the molecule is O=C(c1ccc(F)c(C(F)(F)F)c1)N(C[C@@H]1CCCO1)[C@H]1CCSC1. The van der Waals surface area contributed by atoms with Crippen LogP contribution in [0, 0.1) is 5.82 Å². The van der Waals surface area contributed by atoms with E-state index in [1.807, 2.05) is 0 Å². The van der Waals surface area contributed by atoms with E-state index < -0.39 is 23.5 Å². The largest absolute Gasteiger partial charge is 0.419 e. The molecule has 0 spiro atoms. The summed E-state index contributed by atoms with van der Waals surface area (Å²) in [5.41, 5.74) is -1.54. The fraction of sp³-hybridized carbons (Fsp3) is 0.588. The highest BCUT2D eigenvalue weighted by atomic mass is 32.2. The van der Waals surface area contributed by atoms with Crippen molar-refractivity contribution in [3.8, 4) is 0 Å². The lowest BCUT2D eigenvalue weighted by Crippen LogP contribution is -2.44. The zero-order valence-electron chi connectivity index (χ0n) is 13.5. The maximum Gasteiger partial charge on any atom is 0.419 e. The van der Waals surface area contributed by atoms with Crippen molar-refractivity contribution >= 4 is 17.7 Å². The zero-order valence-corrected chi connectivity index (χ0v) is 14.3. The number of benzene rings is 1.